The maximum Gasteiger partial charge on any atom is 0.188 e. The fourth-order valence-corrected chi connectivity index (χ4v) is 2.93. The molecule has 0 heterocycles. The third kappa shape index (κ3) is 21.6. The monoisotopic (exact) mass is 386 g/mol. The number of ether oxygens (including phenoxy) is 4. The molecule has 0 aliphatic heterocycles. The Labute approximate surface area is 169 Å². The van der Waals surface area contributed by atoms with E-state index in [1.54, 1.807) is 6.26 Å². The maximum absolute atomic E-state index is 5.57. The lowest BCUT2D eigenvalue weighted by Crippen LogP contribution is -2.17. The molecule has 162 valence electrons. The molecule has 4 heteroatoms. The fourth-order valence-electron chi connectivity index (χ4n) is 2.93. The minimum Gasteiger partial charge on any atom is -0.475 e. The summed E-state index contributed by atoms with van der Waals surface area (Å²) in [6.45, 7) is 8.87. The molecule has 0 aromatic rings. The molecule has 0 aromatic carbocycles. The Morgan fingerprint density at radius 3 is 1.89 bits per heavy atom. The predicted octanol–water partition coefficient (Wildman–Crippen LogP) is 6.98. The lowest BCUT2D eigenvalue weighted by molar-refractivity contribution is -0.140. The van der Waals surface area contributed by atoms with Crippen molar-refractivity contribution < 1.29 is 18.9 Å². The predicted molar refractivity (Wildman–Crippen MR) is 114 cm³/mol. The molecule has 0 amide bonds. The topological polar surface area (TPSA) is 36.9 Å². The number of unbranched alkanes of at least 4 members (excludes halogenated alkanes) is 10. The van der Waals surface area contributed by atoms with Crippen molar-refractivity contribution in [2.45, 2.75) is 111 Å². The second kappa shape index (κ2) is 23.5. The zero-order chi connectivity index (χ0) is 19.8. The summed E-state index contributed by atoms with van der Waals surface area (Å²) < 4.78 is 21.8. The first-order chi connectivity index (χ1) is 13.3. The van der Waals surface area contributed by atoms with Crippen LogP contribution in [0.4, 0.5) is 0 Å². The number of rotatable bonds is 22. The smallest absolute Gasteiger partial charge is 0.188 e. The highest BCUT2D eigenvalue weighted by Gasteiger charge is 2.06. The lowest BCUT2D eigenvalue weighted by Gasteiger charge is -2.16. The third-order valence-corrected chi connectivity index (χ3v) is 4.50. The first-order valence-electron chi connectivity index (χ1n) is 11.4. The molecule has 0 bridgehead atoms. The van der Waals surface area contributed by atoms with Crippen LogP contribution in [0.1, 0.15) is 104 Å². The second-order valence-electron chi connectivity index (χ2n) is 7.02. The highest BCUT2D eigenvalue weighted by molar-refractivity contribution is 4.72. The van der Waals surface area contributed by atoms with Gasteiger partial charge in [-0.2, -0.15) is 0 Å². The largest absolute Gasteiger partial charge is 0.475 e. The molecule has 0 aliphatic rings. The van der Waals surface area contributed by atoms with Gasteiger partial charge in [0.25, 0.3) is 0 Å². The van der Waals surface area contributed by atoms with Crippen molar-refractivity contribution in [1.29, 1.82) is 0 Å². The summed E-state index contributed by atoms with van der Waals surface area (Å²) in [4.78, 5) is 0. The minimum absolute atomic E-state index is 0.00744. The highest BCUT2D eigenvalue weighted by Crippen LogP contribution is 2.13. The van der Waals surface area contributed by atoms with Crippen LogP contribution >= 0.6 is 0 Å². The van der Waals surface area contributed by atoms with Gasteiger partial charge in [0.15, 0.2) is 13.1 Å². The Morgan fingerprint density at radius 1 is 0.704 bits per heavy atom. The normalized spacial score (nSPS) is 11.7. The zero-order valence-electron chi connectivity index (χ0n) is 18.4. The molecule has 0 rings (SSSR count). The summed E-state index contributed by atoms with van der Waals surface area (Å²) >= 11 is 0. The Morgan fingerprint density at radius 2 is 1.30 bits per heavy atom. The summed E-state index contributed by atoms with van der Waals surface area (Å²) in [7, 11) is 0. The summed E-state index contributed by atoms with van der Waals surface area (Å²) in [5.74, 6) is 0. The van der Waals surface area contributed by atoms with Crippen molar-refractivity contribution in [1.82, 2.24) is 0 Å². The van der Waals surface area contributed by atoms with Crippen molar-refractivity contribution in [3.8, 4) is 0 Å². The minimum atomic E-state index is 0.00744. The molecule has 0 unspecified atom stereocenters. The molecule has 0 saturated carbocycles. The summed E-state index contributed by atoms with van der Waals surface area (Å²) in [5.41, 5.74) is 0. The van der Waals surface area contributed by atoms with Crippen LogP contribution < -0.4 is 0 Å². The average Bonchev–Trinajstić information content (AvgIpc) is 2.67. The van der Waals surface area contributed by atoms with Gasteiger partial charge in [-0.15, -0.1) is 0 Å². The summed E-state index contributed by atoms with van der Waals surface area (Å²) in [6.07, 6.45) is 20.2. The molecule has 0 atom stereocenters. The molecule has 0 aliphatic carbocycles. The Bertz CT molecular complexity index is 288. The van der Waals surface area contributed by atoms with Crippen LogP contribution in [0.15, 0.2) is 12.3 Å². The van der Waals surface area contributed by atoms with E-state index in [0.717, 1.165) is 39.1 Å². The quantitative estimate of drug-likeness (QED) is 0.114. The average molecular weight is 387 g/mol. The van der Waals surface area contributed by atoms with E-state index in [0.29, 0.717) is 6.79 Å². The van der Waals surface area contributed by atoms with E-state index >= 15 is 0 Å². The summed E-state index contributed by atoms with van der Waals surface area (Å²) in [6, 6.07) is 0. The molecule has 0 spiro atoms. The van der Waals surface area contributed by atoms with Crippen molar-refractivity contribution >= 4 is 0 Å². The lowest BCUT2D eigenvalue weighted by atomic mass is 10.1. The van der Waals surface area contributed by atoms with Gasteiger partial charge in [-0.3, -0.25) is 0 Å². The molecular formula is C23H46O4. The van der Waals surface area contributed by atoms with Gasteiger partial charge in [-0.25, -0.2) is 0 Å². The van der Waals surface area contributed by atoms with Crippen molar-refractivity contribution in [2.24, 2.45) is 0 Å². The zero-order valence-corrected chi connectivity index (χ0v) is 18.4. The summed E-state index contributed by atoms with van der Waals surface area (Å²) in [5, 5.41) is 0. The van der Waals surface area contributed by atoms with Gasteiger partial charge in [0.1, 0.15) is 0 Å². The standard InChI is InChI=1S/C23H46O4/c1-4-7-20-24-22-25-21-18-16-14-12-10-8-9-11-13-15-17-19-23(26-5-2)27-6-3/h18,21,23H,4-17,19-20,22H2,1-3H3. The van der Waals surface area contributed by atoms with Crippen LogP contribution in [0, 0.1) is 0 Å². The van der Waals surface area contributed by atoms with Crippen LogP contribution in [0.5, 0.6) is 0 Å². The van der Waals surface area contributed by atoms with Crippen LogP contribution in [0.25, 0.3) is 0 Å². The fraction of sp³-hybridized carbons (Fsp3) is 0.913. The van der Waals surface area contributed by atoms with E-state index in [1.165, 1.54) is 64.2 Å². The molecular weight excluding hydrogens is 340 g/mol. The van der Waals surface area contributed by atoms with Gasteiger partial charge in [-0.05, 0) is 52.0 Å². The van der Waals surface area contributed by atoms with E-state index in [-0.39, 0.29) is 6.29 Å². The number of allylic oxidation sites excluding steroid dienone is 1. The molecule has 4 nitrogen and oxygen atoms in total. The van der Waals surface area contributed by atoms with E-state index in [1.807, 2.05) is 13.8 Å². The van der Waals surface area contributed by atoms with Gasteiger partial charge in [-0.1, -0.05) is 58.3 Å². The highest BCUT2D eigenvalue weighted by atomic mass is 16.7. The van der Waals surface area contributed by atoms with Crippen LogP contribution in [0.3, 0.4) is 0 Å². The SMILES string of the molecule is CCCCOCOC=CCCCCCCCCCCCC(OCC)OCC. The van der Waals surface area contributed by atoms with E-state index < -0.39 is 0 Å². The van der Waals surface area contributed by atoms with Crippen LogP contribution in [-0.4, -0.2) is 32.9 Å². The van der Waals surface area contributed by atoms with Crippen LogP contribution in [0.2, 0.25) is 0 Å². The molecule has 0 N–H and O–H groups in total. The van der Waals surface area contributed by atoms with E-state index in [2.05, 4.69) is 13.0 Å². The number of hydrogen-bond donors (Lipinski definition) is 0. The Balaban J connectivity index is 3.20. The van der Waals surface area contributed by atoms with Gasteiger partial charge in [0.2, 0.25) is 0 Å². The maximum atomic E-state index is 5.57. The Kier molecular flexibility index (Phi) is 23.0. The van der Waals surface area contributed by atoms with Gasteiger partial charge in [0.05, 0.1) is 12.9 Å². The molecule has 0 fully saturated rings. The van der Waals surface area contributed by atoms with Crippen molar-refractivity contribution in [3.63, 3.8) is 0 Å². The first kappa shape index (κ1) is 26.4. The second-order valence-corrected chi connectivity index (χ2v) is 7.02. The van der Waals surface area contributed by atoms with E-state index in [4.69, 9.17) is 18.9 Å². The van der Waals surface area contributed by atoms with Crippen molar-refractivity contribution in [2.75, 3.05) is 26.6 Å². The molecule has 0 aromatic heterocycles. The molecule has 0 saturated heterocycles. The molecule has 0 radical (unpaired) electrons. The van der Waals surface area contributed by atoms with Crippen LogP contribution in [-0.2, 0) is 18.9 Å². The van der Waals surface area contributed by atoms with Gasteiger partial charge >= 0.3 is 0 Å². The number of hydrogen-bond acceptors (Lipinski definition) is 4. The van der Waals surface area contributed by atoms with Gasteiger partial charge < -0.3 is 18.9 Å². The third-order valence-electron chi connectivity index (χ3n) is 4.50. The van der Waals surface area contributed by atoms with Gasteiger partial charge in [0, 0.05) is 13.2 Å². The first-order valence-corrected chi connectivity index (χ1v) is 11.4. The van der Waals surface area contributed by atoms with E-state index in [9.17, 15) is 0 Å². The van der Waals surface area contributed by atoms with Crippen molar-refractivity contribution in [3.05, 3.63) is 12.3 Å². The molecule has 27 heavy (non-hydrogen) atoms. The Hall–Kier alpha value is -0.580.